The Morgan fingerprint density at radius 1 is 1.14 bits per heavy atom. The molecule has 0 N–H and O–H groups in total. The second-order valence-electron chi connectivity index (χ2n) is 4.26. The molecule has 2 rings (SSSR count). The third-order valence-corrected chi connectivity index (χ3v) is 2.88. The van der Waals surface area contributed by atoms with Gasteiger partial charge in [0.15, 0.2) is 17.3 Å². The average molecular weight is 290 g/mol. The lowest BCUT2D eigenvalue weighted by atomic mass is 10.2. The van der Waals surface area contributed by atoms with Gasteiger partial charge >= 0.3 is 5.97 Å². The Kier molecular flexibility index (Phi) is 4.77. The lowest BCUT2D eigenvalue weighted by Gasteiger charge is -2.13. The van der Waals surface area contributed by atoms with Crippen molar-refractivity contribution in [1.29, 1.82) is 0 Å². The number of hydrogen-bond acceptors (Lipinski definition) is 4. The molecular weight excluding hydrogens is 275 g/mol. The fourth-order valence-electron chi connectivity index (χ4n) is 1.83. The van der Waals surface area contributed by atoms with E-state index in [0.29, 0.717) is 0 Å². The van der Waals surface area contributed by atoms with Crippen LogP contribution in [0.2, 0.25) is 0 Å². The van der Waals surface area contributed by atoms with Crippen molar-refractivity contribution in [2.75, 3.05) is 14.2 Å². The van der Waals surface area contributed by atoms with Crippen LogP contribution in [0.15, 0.2) is 42.5 Å². The molecule has 21 heavy (non-hydrogen) atoms. The Balaban J connectivity index is 2.24. The molecule has 4 nitrogen and oxygen atoms in total. The van der Waals surface area contributed by atoms with Gasteiger partial charge in [-0.1, -0.05) is 30.3 Å². The second-order valence-corrected chi connectivity index (χ2v) is 4.26. The van der Waals surface area contributed by atoms with E-state index in [2.05, 4.69) is 4.74 Å². The van der Waals surface area contributed by atoms with E-state index in [-0.39, 0.29) is 23.7 Å². The summed E-state index contributed by atoms with van der Waals surface area (Å²) in [6, 6.07) is 11.8. The predicted octanol–water partition coefficient (Wildman–Crippen LogP) is 3.20. The van der Waals surface area contributed by atoms with Gasteiger partial charge < -0.3 is 14.2 Å². The number of rotatable bonds is 5. The van der Waals surface area contributed by atoms with Crippen molar-refractivity contribution in [2.24, 2.45) is 0 Å². The monoisotopic (exact) mass is 290 g/mol. The number of hydrogen-bond donors (Lipinski definition) is 0. The largest absolute Gasteiger partial charge is 0.493 e. The van der Waals surface area contributed by atoms with Crippen molar-refractivity contribution < 1.29 is 23.4 Å². The van der Waals surface area contributed by atoms with Crippen molar-refractivity contribution >= 4 is 5.97 Å². The van der Waals surface area contributed by atoms with Gasteiger partial charge in [0.05, 0.1) is 19.8 Å². The van der Waals surface area contributed by atoms with Crippen LogP contribution in [0.4, 0.5) is 4.39 Å². The Morgan fingerprint density at radius 3 is 2.48 bits per heavy atom. The first-order valence-corrected chi connectivity index (χ1v) is 6.28. The van der Waals surface area contributed by atoms with Crippen LogP contribution in [0, 0.1) is 5.82 Å². The summed E-state index contributed by atoms with van der Waals surface area (Å²) in [6.45, 7) is 0.200. The molecule has 0 aliphatic rings. The molecule has 0 atom stereocenters. The molecule has 0 heterocycles. The van der Waals surface area contributed by atoms with Gasteiger partial charge in [-0.3, -0.25) is 0 Å². The van der Waals surface area contributed by atoms with Crippen LogP contribution < -0.4 is 9.47 Å². The van der Waals surface area contributed by atoms with Crippen molar-refractivity contribution in [3.05, 3.63) is 59.4 Å². The summed E-state index contributed by atoms with van der Waals surface area (Å²) in [5, 5.41) is 0. The zero-order valence-corrected chi connectivity index (χ0v) is 11.8. The normalized spacial score (nSPS) is 10.0. The minimum atomic E-state index is -0.675. The smallest absolute Gasteiger partial charge is 0.338 e. The highest BCUT2D eigenvalue weighted by molar-refractivity contribution is 5.90. The van der Waals surface area contributed by atoms with E-state index < -0.39 is 11.8 Å². The summed E-state index contributed by atoms with van der Waals surface area (Å²) < 4.78 is 29.2. The fourth-order valence-corrected chi connectivity index (χ4v) is 1.83. The van der Waals surface area contributed by atoms with Gasteiger partial charge in [0, 0.05) is 0 Å². The first kappa shape index (κ1) is 14.8. The Bertz CT molecular complexity index is 626. The Hall–Kier alpha value is -2.56. The maximum atomic E-state index is 14.1. The molecule has 0 bridgehead atoms. The van der Waals surface area contributed by atoms with Gasteiger partial charge in [-0.25, -0.2) is 9.18 Å². The number of benzene rings is 2. The maximum absolute atomic E-state index is 14.1. The summed E-state index contributed by atoms with van der Waals surface area (Å²) in [5.74, 6) is -1.20. The van der Waals surface area contributed by atoms with E-state index in [4.69, 9.17) is 9.47 Å². The van der Waals surface area contributed by atoms with Crippen LogP contribution in [0.1, 0.15) is 15.9 Å². The molecule has 2 aromatic rings. The molecule has 0 fully saturated rings. The van der Waals surface area contributed by atoms with E-state index >= 15 is 0 Å². The SMILES string of the molecule is COC(=O)c1cc(F)c(OCc2ccccc2)c(OC)c1. The van der Waals surface area contributed by atoms with Crippen molar-refractivity contribution in [3.63, 3.8) is 0 Å². The van der Waals surface area contributed by atoms with Gasteiger partial charge in [0.1, 0.15) is 6.61 Å². The molecule has 0 amide bonds. The maximum Gasteiger partial charge on any atom is 0.338 e. The highest BCUT2D eigenvalue weighted by Crippen LogP contribution is 2.32. The zero-order valence-electron chi connectivity index (χ0n) is 11.8. The summed E-state index contributed by atoms with van der Waals surface area (Å²) in [6.07, 6.45) is 0. The minimum absolute atomic E-state index is 0.0333. The third kappa shape index (κ3) is 3.51. The molecule has 0 saturated carbocycles. The topological polar surface area (TPSA) is 44.8 Å². The van der Waals surface area contributed by atoms with Gasteiger partial charge in [-0.15, -0.1) is 0 Å². The van der Waals surface area contributed by atoms with Gasteiger partial charge in [0.2, 0.25) is 0 Å². The van der Waals surface area contributed by atoms with Gasteiger partial charge in [0.25, 0.3) is 0 Å². The summed E-state index contributed by atoms with van der Waals surface area (Å²) in [7, 11) is 2.61. The number of esters is 1. The molecule has 5 heteroatoms. The molecule has 0 radical (unpaired) electrons. The molecule has 0 spiro atoms. The van der Waals surface area contributed by atoms with Gasteiger partial charge in [-0.2, -0.15) is 0 Å². The molecule has 110 valence electrons. The minimum Gasteiger partial charge on any atom is -0.493 e. The van der Waals surface area contributed by atoms with Crippen LogP contribution >= 0.6 is 0 Å². The lowest BCUT2D eigenvalue weighted by Crippen LogP contribution is -2.05. The molecule has 2 aromatic carbocycles. The van der Waals surface area contributed by atoms with Crippen molar-refractivity contribution in [1.82, 2.24) is 0 Å². The average Bonchev–Trinajstić information content (AvgIpc) is 2.53. The Labute approximate surface area is 122 Å². The van der Waals surface area contributed by atoms with Crippen LogP contribution in [0.3, 0.4) is 0 Å². The zero-order chi connectivity index (χ0) is 15.2. The van der Waals surface area contributed by atoms with Crippen molar-refractivity contribution in [3.8, 4) is 11.5 Å². The van der Waals surface area contributed by atoms with Crippen LogP contribution in [-0.4, -0.2) is 20.2 Å². The third-order valence-electron chi connectivity index (χ3n) is 2.88. The first-order valence-electron chi connectivity index (χ1n) is 6.28. The first-order chi connectivity index (χ1) is 10.2. The highest BCUT2D eigenvalue weighted by Gasteiger charge is 2.17. The van der Waals surface area contributed by atoms with Crippen LogP contribution in [-0.2, 0) is 11.3 Å². The molecule has 0 aromatic heterocycles. The molecular formula is C16H15FO4. The lowest BCUT2D eigenvalue weighted by molar-refractivity contribution is 0.0599. The second kappa shape index (κ2) is 6.74. The van der Waals surface area contributed by atoms with E-state index in [1.165, 1.54) is 20.3 Å². The van der Waals surface area contributed by atoms with E-state index in [1.807, 2.05) is 30.3 Å². The summed E-state index contributed by atoms with van der Waals surface area (Å²) in [4.78, 5) is 11.4. The number of carbonyl (C=O) groups excluding carboxylic acids is 1. The number of halogens is 1. The van der Waals surface area contributed by atoms with Gasteiger partial charge in [-0.05, 0) is 17.7 Å². The quantitative estimate of drug-likeness (QED) is 0.793. The summed E-state index contributed by atoms with van der Waals surface area (Å²) in [5.41, 5.74) is 0.968. The number of carbonyl (C=O) groups is 1. The van der Waals surface area contributed by atoms with Crippen LogP contribution in [0.25, 0.3) is 0 Å². The predicted molar refractivity (Wildman–Crippen MR) is 75.1 cm³/mol. The fraction of sp³-hybridized carbons (Fsp3) is 0.188. The van der Waals surface area contributed by atoms with E-state index in [0.717, 1.165) is 11.6 Å². The van der Waals surface area contributed by atoms with E-state index in [1.54, 1.807) is 0 Å². The van der Waals surface area contributed by atoms with Crippen molar-refractivity contribution in [2.45, 2.75) is 6.61 Å². The molecule has 0 aliphatic heterocycles. The molecule has 0 unspecified atom stereocenters. The Morgan fingerprint density at radius 2 is 1.86 bits per heavy atom. The number of methoxy groups -OCH3 is 2. The molecule has 0 saturated heterocycles. The van der Waals surface area contributed by atoms with Crippen LogP contribution in [0.5, 0.6) is 11.5 Å². The highest BCUT2D eigenvalue weighted by atomic mass is 19.1. The number of ether oxygens (including phenoxy) is 3. The standard InChI is InChI=1S/C16H15FO4/c1-19-14-9-12(16(18)20-2)8-13(17)15(14)21-10-11-6-4-3-5-7-11/h3-9H,10H2,1-2H3. The van der Waals surface area contributed by atoms with E-state index in [9.17, 15) is 9.18 Å². The molecule has 0 aliphatic carbocycles. The summed E-state index contributed by atoms with van der Waals surface area (Å²) >= 11 is 0.